The summed E-state index contributed by atoms with van der Waals surface area (Å²) in [6.45, 7) is 13.0. The van der Waals surface area contributed by atoms with Crippen molar-refractivity contribution in [2.24, 2.45) is 5.92 Å². The molecule has 1 N–H and O–H groups in total. The Bertz CT molecular complexity index is 201. The second kappa shape index (κ2) is 8.92. The SMILES string of the molecule is CC(C)CCCCCCN1CCC(NC(C)C)C1. The van der Waals surface area contributed by atoms with Gasteiger partial charge in [-0.3, -0.25) is 0 Å². The Morgan fingerprint density at radius 1 is 1.06 bits per heavy atom. The van der Waals surface area contributed by atoms with Crippen molar-refractivity contribution in [3.8, 4) is 0 Å². The van der Waals surface area contributed by atoms with Gasteiger partial charge in [0.25, 0.3) is 0 Å². The van der Waals surface area contributed by atoms with E-state index in [1.54, 1.807) is 0 Å². The lowest BCUT2D eigenvalue weighted by Gasteiger charge is -2.18. The molecule has 0 aliphatic carbocycles. The van der Waals surface area contributed by atoms with Crippen LogP contribution in [-0.2, 0) is 0 Å². The maximum atomic E-state index is 3.65. The Kier molecular flexibility index (Phi) is 7.92. The molecular formula is C16H34N2. The monoisotopic (exact) mass is 254 g/mol. The second-order valence-electron chi connectivity index (χ2n) is 6.70. The van der Waals surface area contributed by atoms with Crippen LogP contribution in [0.3, 0.4) is 0 Å². The molecular weight excluding hydrogens is 220 g/mol. The number of likely N-dealkylation sites (tertiary alicyclic amines) is 1. The van der Waals surface area contributed by atoms with E-state index in [1.165, 1.54) is 58.2 Å². The molecule has 1 saturated heterocycles. The predicted octanol–water partition coefficient (Wildman–Crippen LogP) is 3.67. The zero-order valence-corrected chi connectivity index (χ0v) is 13.0. The third kappa shape index (κ3) is 7.38. The fourth-order valence-corrected chi connectivity index (χ4v) is 2.88. The summed E-state index contributed by atoms with van der Waals surface area (Å²) in [4.78, 5) is 2.64. The zero-order chi connectivity index (χ0) is 13.4. The Morgan fingerprint density at radius 2 is 1.78 bits per heavy atom. The van der Waals surface area contributed by atoms with Gasteiger partial charge in [0.1, 0.15) is 0 Å². The van der Waals surface area contributed by atoms with Crippen LogP contribution >= 0.6 is 0 Å². The van der Waals surface area contributed by atoms with Crippen molar-refractivity contribution in [2.75, 3.05) is 19.6 Å². The average Bonchev–Trinajstić information content (AvgIpc) is 2.69. The van der Waals surface area contributed by atoms with E-state index in [0.717, 1.165) is 12.0 Å². The van der Waals surface area contributed by atoms with Gasteiger partial charge in [-0.2, -0.15) is 0 Å². The number of rotatable bonds is 9. The van der Waals surface area contributed by atoms with Crippen molar-refractivity contribution >= 4 is 0 Å². The smallest absolute Gasteiger partial charge is 0.0209 e. The highest BCUT2D eigenvalue weighted by atomic mass is 15.2. The summed E-state index contributed by atoms with van der Waals surface area (Å²) in [5.74, 6) is 0.881. The summed E-state index contributed by atoms with van der Waals surface area (Å²) in [5.41, 5.74) is 0. The highest BCUT2D eigenvalue weighted by Crippen LogP contribution is 2.13. The highest BCUT2D eigenvalue weighted by Gasteiger charge is 2.21. The molecule has 1 aliphatic heterocycles. The maximum Gasteiger partial charge on any atom is 0.0209 e. The van der Waals surface area contributed by atoms with E-state index >= 15 is 0 Å². The fraction of sp³-hybridized carbons (Fsp3) is 1.00. The largest absolute Gasteiger partial charge is 0.310 e. The number of nitrogens with zero attached hydrogens (tertiary/aromatic N) is 1. The summed E-state index contributed by atoms with van der Waals surface area (Å²) in [5, 5.41) is 3.65. The normalized spacial score (nSPS) is 21.3. The predicted molar refractivity (Wildman–Crippen MR) is 81.0 cm³/mol. The van der Waals surface area contributed by atoms with Crippen molar-refractivity contribution in [1.29, 1.82) is 0 Å². The van der Waals surface area contributed by atoms with E-state index in [-0.39, 0.29) is 0 Å². The van der Waals surface area contributed by atoms with Gasteiger partial charge in [0.2, 0.25) is 0 Å². The standard InChI is InChI=1S/C16H34N2/c1-14(2)9-7-5-6-8-11-18-12-10-16(13-18)17-15(3)4/h14-17H,5-13H2,1-4H3. The minimum atomic E-state index is 0.631. The number of nitrogens with one attached hydrogen (secondary N) is 1. The second-order valence-corrected chi connectivity index (χ2v) is 6.70. The lowest BCUT2D eigenvalue weighted by molar-refractivity contribution is 0.314. The van der Waals surface area contributed by atoms with Gasteiger partial charge in [-0.25, -0.2) is 0 Å². The molecule has 18 heavy (non-hydrogen) atoms. The molecule has 0 aromatic carbocycles. The van der Waals surface area contributed by atoms with Gasteiger partial charge in [-0.05, 0) is 31.8 Å². The van der Waals surface area contributed by atoms with Crippen molar-refractivity contribution in [3.63, 3.8) is 0 Å². The summed E-state index contributed by atoms with van der Waals surface area (Å²) >= 11 is 0. The van der Waals surface area contributed by atoms with Crippen molar-refractivity contribution in [1.82, 2.24) is 10.2 Å². The molecule has 1 unspecified atom stereocenters. The molecule has 0 bridgehead atoms. The van der Waals surface area contributed by atoms with Gasteiger partial charge >= 0.3 is 0 Å². The van der Waals surface area contributed by atoms with Gasteiger partial charge in [0.15, 0.2) is 0 Å². The first kappa shape index (κ1) is 16.0. The van der Waals surface area contributed by atoms with E-state index < -0.39 is 0 Å². The summed E-state index contributed by atoms with van der Waals surface area (Å²) < 4.78 is 0. The minimum absolute atomic E-state index is 0.631. The molecule has 2 heteroatoms. The van der Waals surface area contributed by atoms with Crippen LogP contribution in [0.1, 0.15) is 66.2 Å². The van der Waals surface area contributed by atoms with Crippen LogP contribution in [-0.4, -0.2) is 36.6 Å². The molecule has 0 amide bonds. The van der Waals surface area contributed by atoms with Crippen molar-refractivity contribution in [3.05, 3.63) is 0 Å². The van der Waals surface area contributed by atoms with E-state index in [0.29, 0.717) is 6.04 Å². The third-order valence-electron chi connectivity index (χ3n) is 3.85. The van der Waals surface area contributed by atoms with Crippen molar-refractivity contribution < 1.29 is 0 Å². The average molecular weight is 254 g/mol. The summed E-state index contributed by atoms with van der Waals surface area (Å²) in [7, 11) is 0. The molecule has 1 fully saturated rings. The first-order valence-corrected chi connectivity index (χ1v) is 8.06. The molecule has 0 spiro atoms. The molecule has 1 rings (SSSR count). The van der Waals surface area contributed by atoms with Gasteiger partial charge in [-0.1, -0.05) is 53.4 Å². The van der Waals surface area contributed by atoms with E-state index in [9.17, 15) is 0 Å². The van der Waals surface area contributed by atoms with E-state index in [2.05, 4.69) is 37.9 Å². The molecule has 2 nitrogen and oxygen atoms in total. The molecule has 1 aliphatic rings. The van der Waals surface area contributed by atoms with Gasteiger partial charge in [0.05, 0.1) is 0 Å². The Morgan fingerprint density at radius 3 is 2.44 bits per heavy atom. The topological polar surface area (TPSA) is 15.3 Å². The van der Waals surface area contributed by atoms with Crippen LogP contribution in [0.5, 0.6) is 0 Å². The van der Waals surface area contributed by atoms with Gasteiger partial charge < -0.3 is 10.2 Å². The van der Waals surface area contributed by atoms with E-state index in [4.69, 9.17) is 0 Å². The Labute approximate surface area is 115 Å². The number of hydrogen-bond acceptors (Lipinski definition) is 2. The van der Waals surface area contributed by atoms with Crippen LogP contribution in [0.4, 0.5) is 0 Å². The van der Waals surface area contributed by atoms with Crippen molar-refractivity contribution in [2.45, 2.75) is 78.3 Å². The zero-order valence-electron chi connectivity index (χ0n) is 13.0. The van der Waals surface area contributed by atoms with Gasteiger partial charge in [0, 0.05) is 18.6 Å². The molecule has 1 atom stereocenters. The third-order valence-corrected chi connectivity index (χ3v) is 3.85. The molecule has 108 valence electrons. The van der Waals surface area contributed by atoms with E-state index in [1.807, 2.05) is 0 Å². The Hall–Kier alpha value is -0.0800. The highest BCUT2D eigenvalue weighted by molar-refractivity contribution is 4.81. The van der Waals surface area contributed by atoms with Crippen LogP contribution < -0.4 is 5.32 Å². The van der Waals surface area contributed by atoms with Crippen LogP contribution in [0.25, 0.3) is 0 Å². The van der Waals surface area contributed by atoms with Crippen LogP contribution in [0, 0.1) is 5.92 Å². The quantitative estimate of drug-likeness (QED) is 0.632. The Balaban J connectivity index is 1.94. The first-order chi connectivity index (χ1) is 8.58. The summed E-state index contributed by atoms with van der Waals surface area (Å²) in [6.07, 6.45) is 8.42. The number of hydrogen-bond donors (Lipinski definition) is 1. The summed E-state index contributed by atoms with van der Waals surface area (Å²) in [6, 6.07) is 1.37. The molecule has 0 radical (unpaired) electrons. The molecule has 0 aromatic rings. The van der Waals surface area contributed by atoms with Crippen LogP contribution in [0.15, 0.2) is 0 Å². The van der Waals surface area contributed by atoms with Gasteiger partial charge in [-0.15, -0.1) is 0 Å². The minimum Gasteiger partial charge on any atom is -0.310 e. The first-order valence-electron chi connectivity index (χ1n) is 8.06. The lowest BCUT2D eigenvalue weighted by Crippen LogP contribution is -2.37. The number of unbranched alkanes of at least 4 members (excludes halogenated alkanes) is 3. The molecule has 0 aromatic heterocycles. The molecule has 1 heterocycles. The van der Waals surface area contributed by atoms with Crippen LogP contribution in [0.2, 0.25) is 0 Å². The maximum absolute atomic E-state index is 3.65. The molecule has 0 saturated carbocycles. The lowest BCUT2D eigenvalue weighted by atomic mass is 10.0. The fourth-order valence-electron chi connectivity index (χ4n) is 2.88.